The standard InChI is InChI=1S/C10H22N2O2/c1-10(2,8-13)12(4)7-5-6-9(14)11-3/h13H,5-8H2,1-4H3,(H,11,14). The summed E-state index contributed by atoms with van der Waals surface area (Å²) >= 11 is 0. The second-order valence-corrected chi connectivity index (χ2v) is 4.17. The highest BCUT2D eigenvalue weighted by Gasteiger charge is 2.21. The average Bonchev–Trinajstić information content (AvgIpc) is 2.17. The maximum atomic E-state index is 10.9. The normalized spacial score (nSPS) is 11.9. The van der Waals surface area contributed by atoms with Crippen LogP contribution in [0.1, 0.15) is 26.7 Å². The summed E-state index contributed by atoms with van der Waals surface area (Å²) in [5.74, 6) is 0.0696. The Balaban J connectivity index is 3.74. The quantitative estimate of drug-likeness (QED) is 0.647. The van der Waals surface area contributed by atoms with E-state index < -0.39 is 0 Å². The predicted molar refractivity (Wildman–Crippen MR) is 57.1 cm³/mol. The van der Waals surface area contributed by atoms with Crippen LogP contribution in [0.5, 0.6) is 0 Å². The number of nitrogens with zero attached hydrogens (tertiary/aromatic N) is 1. The molecule has 14 heavy (non-hydrogen) atoms. The van der Waals surface area contributed by atoms with Gasteiger partial charge in [0.2, 0.25) is 5.91 Å². The third kappa shape index (κ3) is 4.58. The Bertz CT molecular complexity index is 181. The first-order chi connectivity index (χ1) is 6.44. The van der Waals surface area contributed by atoms with Crippen molar-refractivity contribution in [1.29, 1.82) is 0 Å². The first kappa shape index (κ1) is 13.4. The second kappa shape index (κ2) is 5.98. The van der Waals surface area contributed by atoms with Crippen LogP contribution in [0.15, 0.2) is 0 Å². The van der Waals surface area contributed by atoms with Gasteiger partial charge in [-0.1, -0.05) is 0 Å². The zero-order valence-electron chi connectivity index (χ0n) is 9.63. The molecule has 4 heteroatoms. The number of nitrogens with one attached hydrogen (secondary N) is 1. The summed E-state index contributed by atoms with van der Waals surface area (Å²) in [6.07, 6.45) is 1.36. The van der Waals surface area contributed by atoms with Crippen molar-refractivity contribution in [3.8, 4) is 0 Å². The van der Waals surface area contributed by atoms with Crippen molar-refractivity contribution < 1.29 is 9.90 Å². The summed E-state index contributed by atoms with van der Waals surface area (Å²) in [4.78, 5) is 13.0. The van der Waals surface area contributed by atoms with E-state index in [1.165, 1.54) is 0 Å². The molecule has 4 nitrogen and oxygen atoms in total. The largest absolute Gasteiger partial charge is 0.394 e. The van der Waals surface area contributed by atoms with E-state index in [-0.39, 0.29) is 18.1 Å². The first-order valence-electron chi connectivity index (χ1n) is 4.96. The summed E-state index contributed by atoms with van der Waals surface area (Å²) in [7, 11) is 3.60. The van der Waals surface area contributed by atoms with Gasteiger partial charge in [0.05, 0.1) is 6.61 Å². The van der Waals surface area contributed by atoms with Crippen molar-refractivity contribution in [2.75, 3.05) is 27.2 Å². The van der Waals surface area contributed by atoms with Crippen LogP contribution < -0.4 is 5.32 Å². The number of amides is 1. The molecule has 84 valence electrons. The fourth-order valence-electron chi connectivity index (χ4n) is 1.03. The minimum atomic E-state index is -0.206. The van der Waals surface area contributed by atoms with E-state index in [2.05, 4.69) is 10.2 Å². The lowest BCUT2D eigenvalue weighted by Crippen LogP contribution is -2.44. The van der Waals surface area contributed by atoms with Crippen molar-refractivity contribution in [2.45, 2.75) is 32.2 Å². The Morgan fingerprint density at radius 3 is 2.50 bits per heavy atom. The van der Waals surface area contributed by atoms with E-state index in [0.717, 1.165) is 13.0 Å². The summed E-state index contributed by atoms with van der Waals surface area (Å²) < 4.78 is 0. The number of hydrogen-bond donors (Lipinski definition) is 2. The zero-order valence-corrected chi connectivity index (χ0v) is 9.63. The predicted octanol–water partition coefficient (Wildman–Crippen LogP) is 0.215. The molecule has 0 aliphatic rings. The molecule has 1 amide bonds. The van der Waals surface area contributed by atoms with Crippen LogP contribution in [0, 0.1) is 0 Å². The fraction of sp³-hybridized carbons (Fsp3) is 0.900. The minimum Gasteiger partial charge on any atom is -0.394 e. The molecule has 0 fully saturated rings. The topological polar surface area (TPSA) is 52.6 Å². The molecule has 0 radical (unpaired) electrons. The molecule has 0 saturated carbocycles. The Morgan fingerprint density at radius 1 is 1.50 bits per heavy atom. The first-order valence-corrected chi connectivity index (χ1v) is 4.96. The Kier molecular flexibility index (Phi) is 5.72. The Morgan fingerprint density at radius 2 is 2.07 bits per heavy atom. The van der Waals surface area contributed by atoms with Crippen molar-refractivity contribution in [1.82, 2.24) is 10.2 Å². The van der Waals surface area contributed by atoms with Gasteiger partial charge in [0.25, 0.3) is 0 Å². The van der Waals surface area contributed by atoms with Gasteiger partial charge in [0, 0.05) is 19.0 Å². The van der Waals surface area contributed by atoms with Crippen LogP contribution in [-0.4, -0.2) is 48.7 Å². The number of rotatable bonds is 6. The van der Waals surface area contributed by atoms with E-state index in [1.807, 2.05) is 20.9 Å². The van der Waals surface area contributed by atoms with Gasteiger partial charge in [-0.15, -0.1) is 0 Å². The number of carbonyl (C=O) groups excluding carboxylic acids is 1. The molecule has 0 aromatic heterocycles. The summed E-state index contributed by atoms with van der Waals surface area (Å²) in [6.45, 7) is 4.91. The number of carbonyl (C=O) groups is 1. The lowest BCUT2D eigenvalue weighted by atomic mass is 10.0. The number of aliphatic hydroxyl groups is 1. The van der Waals surface area contributed by atoms with Gasteiger partial charge in [-0.2, -0.15) is 0 Å². The van der Waals surface area contributed by atoms with Crippen LogP contribution in [0.4, 0.5) is 0 Å². The highest BCUT2D eigenvalue weighted by molar-refractivity contribution is 5.75. The molecule has 0 aromatic carbocycles. The zero-order chi connectivity index (χ0) is 11.2. The lowest BCUT2D eigenvalue weighted by molar-refractivity contribution is -0.120. The average molecular weight is 202 g/mol. The lowest BCUT2D eigenvalue weighted by Gasteiger charge is -2.33. The van der Waals surface area contributed by atoms with Crippen LogP contribution in [0.25, 0.3) is 0 Å². The minimum absolute atomic E-state index is 0.0696. The molecule has 0 aromatic rings. The highest BCUT2D eigenvalue weighted by atomic mass is 16.3. The summed E-state index contributed by atoms with van der Waals surface area (Å²) in [5.41, 5.74) is -0.206. The van der Waals surface area contributed by atoms with Gasteiger partial charge in [-0.05, 0) is 33.9 Å². The molecule has 0 spiro atoms. The van der Waals surface area contributed by atoms with Crippen molar-refractivity contribution in [3.05, 3.63) is 0 Å². The molecule has 0 rings (SSSR count). The molecule has 0 unspecified atom stereocenters. The Hall–Kier alpha value is -0.610. The third-order valence-electron chi connectivity index (χ3n) is 2.60. The molecule has 0 atom stereocenters. The van der Waals surface area contributed by atoms with Gasteiger partial charge in [-0.3, -0.25) is 9.69 Å². The molecular weight excluding hydrogens is 180 g/mol. The van der Waals surface area contributed by atoms with E-state index in [0.29, 0.717) is 6.42 Å². The van der Waals surface area contributed by atoms with Gasteiger partial charge >= 0.3 is 0 Å². The molecule has 0 aliphatic carbocycles. The van der Waals surface area contributed by atoms with Crippen LogP contribution in [0.2, 0.25) is 0 Å². The molecular formula is C10H22N2O2. The second-order valence-electron chi connectivity index (χ2n) is 4.17. The van der Waals surface area contributed by atoms with Crippen molar-refractivity contribution in [2.24, 2.45) is 0 Å². The van der Waals surface area contributed by atoms with Crippen LogP contribution in [-0.2, 0) is 4.79 Å². The fourth-order valence-corrected chi connectivity index (χ4v) is 1.03. The van der Waals surface area contributed by atoms with Gasteiger partial charge < -0.3 is 10.4 Å². The summed E-state index contributed by atoms with van der Waals surface area (Å²) in [5, 5.41) is 11.7. The maximum absolute atomic E-state index is 10.9. The SMILES string of the molecule is CNC(=O)CCCN(C)C(C)(C)CO. The van der Waals surface area contributed by atoms with E-state index in [1.54, 1.807) is 7.05 Å². The molecule has 0 aliphatic heterocycles. The van der Waals surface area contributed by atoms with E-state index >= 15 is 0 Å². The van der Waals surface area contributed by atoms with Gasteiger partial charge in [-0.25, -0.2) is 0 Å². The van der Waals surface area contributed by atoms with Crippen molar-refractivity contribution in [3.63, 3.8) is 0 Å². The number of likely N-dealkylation sites (N-methyl/N-ethyl adjacent to an activating group) is 1. The smallest absolute Gasteiger partial charge is 0.219 e. The number of hydrogen-bond acceptors (Lipinski definition) is 3. The van der Waals surface area contributed by atoms with Gasteiger partial charge in [0.15, 0.2) is 0 Å². The van der Waals surface area contributed by atoms with Gasteiger partial charge in [0.1, 0.15) is 0 Å². The monoisotopic (exact) mass is 202 g/mol. The molecule has 0 bridgehead atoms. The maximum Gasteiger partial charge on any atom is 0.219 e. The third-order valence-corrected chi connectivity index (χ3v) is 2.60. The van der Waals surface area contributed by atoms with Crippen LogP contribution >= 0.6 is 0 Å². The van der Waals surface area contributed by atoms with Crippen LogP contribution in [0.3, 0.4) is 0 Å². The number of aliphatic hydroxyl groups excluding tert-OH is 1. The molecule has 0 heterocycles. The molecule has 0 saturated heterocycles. The summed E-state index contributed by atoms with van der Waals surface area (Å²) in [6, 6.07) is 0. The van der Waals surface area contributed by atoms with E-state index in [9.17, 15) is 4.79 Å². The van der Waals surface area contributed by atoms with E-state index in [4.69, 9.17) is 5.11 Å². The van der Waals surface area contributed by atoms with Crippen molar-refractivity contribution >= 4 is 5.91 Å². The highest BCUT2D eigenvalue weighted by Crippen LogP contribution is 2.11. The molecule has 2 N–H and O–H groups in total. The Labute approximate surface area is 86.3 Å².